The van der Waals surface area contributed by atoms with Crippen LogP contribution in [0.15, 0.2) is 30.8 Å². The Labute approximate surface area is 127 Å². The number of ether oxygens (including phenoxy) is 1. The Morgan fingerprint density at radius 3 is 2.45 bits per heavy atom. The highest BCUT2D eigenvalue weighted by atomic mass is 16.6. The molecule has 0 bridgehead atoms. The van der Waals surface area contributed by atoms with Crippen LogP contribution in [0.25, 0.3) is 6.08 Å². The molecule has 22 heavy (non-hydrogen) atoms. The van der Waals surface area contributed by atoms with Crippen molar-refractivity contribution >= 4 is 12.0 Å². The maximum atomic E-state index is 12.0. The van der Waals surface area contributed by atoms with Crippen molar-refractivity contribution in [3.8, 4) is 0 Å². The SMILES string of the molecule is C=Cc1ccc(CNC(=O)[C@H]2OC([O-])[C@H](O)[C@@H](O)[C@@H]2O)cc1. The number of benzene rings is 1. The van der Waals surface area contributed by atoms with Crippen molar-refractivity contribution in [2.24, 2.45) is 0 Å². The minimum absolute atomic E-state index is 0.172. The Morgan fingerprint density at radius 2 is 1.86 bits per heavy atom. The average Bonchev–Trinajstić information content (AvgIpc) is 2.54. The van der Waals surface area contributed by atoms with Gasteiger partial charge in [-0.05, 0) is 11.1 Å². The van der Waals surface area contributed by atoms with E-state index in [1.165, 1.54) is 0 Å². The second-order valence-corrected chi connectivity index (χ2v) is 5.06. The molecule has 0 aromatic heterocycles. The van der Waals surface area contributed by atoms with Gasteiger partial charge in [-0.25, -0.2) is 0 Å². The van der Waals surface area contributed by atoms with Crippen LogP contribution in [0.3, 0.4) is 0 Å². The van der Waals surface area contributed by atoms with Crippen molar-refractivity contribution in [2.75, 3.05) is 0 Å². The smallest absolute Gasteiger partial charge is 0.252 e. The van der Waals surface area contributed by atoms with Crippen LogP contribution < -0.4 is 10.4 Å². The van der Waals surface area contributed by atoms with Gasteiger partial charge < -0.3 is 30.5 Å². The molecule has 7 nitrogen and oxygen atoms in total. The van der Waals surface area contributed by atoms with Gasteiger partial charge in [0.25, 0.3) is 5.91 Å². The van der Waals surface area contributed by atoms with E-state index in [4.69, 9.17) is 4.74 Å². The fourth-order valence-electron chi connectivity index (χ4n) is 2.13. The topological polar surface area (TPSA) is 122 Å². The number of carbonyl (C=O) groups is 1. The lowest BCUT2D eigenvalue weighted by Crippen LogP contribution is -2.64. The van der Waals surface area contributed by atoms with E-state index in [2.05, 4.69) is 11.9 Å². The van der Waals surface area contributed by atoms with Crippen LogP contribution in [0.2, 0.25) is 0 Å². The molecule has 1 amide bonds. The number of aliphatic hydroxyl groups is 3. The summed E-state index contributed by atoms with van der Waals surface area (Å²) in [5.41, 5.74) is 1.75. The third-order valence-corrected chi connectivity index (χ3v) is 3.51. The summed E-state index contributed by atoms with van der Waals surface area (Å²) in [4.78, 5) is 12.0. The van der Waals surface area contributed by atoms with Crippen LogP contribution in [0.4, 0.5) is 0 Å². The molecule has 4 N–H and O–H groups in total. The van der Waals surface area contributed by atoms with Crippen LogP contribution in [0.5, 0.6) is 0 Å². The summed E-state index contributed by atoms with van der Waals surface area (Å²) in [6.45, 7) is 3.81. The Bertz CT molecular complexity index is 531. The Kier molecular flexibility index (Phi) is 5.28. The van der Waals surface area contributed by atoms with Crippen LogP contribution in [-0.4, -0.2) is 51.9 Å². The second kappa shape index (κ2) is 6.99. The first kappa shape index (κ1) is 16.6. The van der Waals surface area contributed by atoms with E-state index in [0.717, 1.165) is 11.1 Å². The van der Waals surface area contributed by atoms with Crippen molar-refractivity contribution < 1.29 is 30.0 Å². The molecular weight excluding hydrogens is 290 g/mol. The molecular formula is C15H18NO6-. The summed E-state index contributed by atoms with van der Waals surface area (Å²) in [5, 5.41) is 42.4. The quantitative estimate of drug-likeness (QED) is 0.516. The number of hydrogen-bond acceptors (Lipinski definition) is 6. The number of nitrogens with one attached hydrogen (secondary N) is 1. The molecule has 0 saturated carbocycles. The zero-order valence-corrected chi connectivity index (χ0v) is 11.8. The Balaban J connectivity index is 1.95. The van der Waals surface area contributed by atoms with Crippen molar-refractivity contribution in [1.29, 1.82) is 0 Å². The van der Waals surface area contributed by atoms with Crippen LogP contribution in [0.1, 0.15) is 11.1 Å². The minimum Gasteiger partial charge on any atom is -0.829 e. The first-order valence-corrected chi connectivity index (χ1v) is 6.78. The minimum atomic E-state index is -1.99. The zero-order valence-electron chi connectivity index (χ0n) is 11.8. The van der Waals surface area contributed by atoms with Gasteiger partial charge in [-0.3, -0.25) is 4.79 Å². The van der Waals surface area contributed by atoms with Crippen LogP contribution in [0, 0.1) is 0 Å². The Morgan fingerprint density at radius 1 is 1.23 bits per heavy atom. The summed E-state index contributed by atoms with van der Waals surface area (Å²) in [7, 11) is 0. The van der Waals surface area contributed by atoms with E-state index in [-0.39, 0.29) is 6.54 Å². The maximum absolute atomic E-state index is 12.0. The molecule has 0 aliphatic carbocycles. The normalized spacial score (nSPS) is 31.5. The molecule has 120 valence electrons. The maximum Gasteiger partial charge on any atom is 0.252 e. The van der Waals surface area contributed by atoms with E-state index in [9.17, 15) is 25.2 Å². The fourth-order valence-corrected chi connectivity index (χ4v) is 2.13. The van der Waals surface area contributed by atoms with Gasteiger partial charge in [-0.1, -0.05) is 36.9 Å². The average molecular weight is 308 g/mol. The largest absolute Gasteiger partial charge is 0.829 e. The van der Waals surface area contributed by atoms with E-state index in [0.29, 0.717) is 0 Å². The summed E-state index contributed by atoms with van der Waals surface area (Å²) < 4.78 is 4.73. The standard InChI is InChI=1S/C15H18NO6/c1-2-8-3-5-9(6-4-8)7-16-14(20)13-11(18)10(17)12(19)15(21)22-13/h2-6,10-13,15,17-19H,1,7H2,(H,16,20)/q-1/t10-,11-,12+,13-,15?/m0/s1. The van der Waals surface area contributed by atoms with Crippen LogP contribution in [-0.2, 0) is 16.1 Å². The highest BCUT2D eigenvalue weighted by Gasteiger charge is 2.42. The molecule has 0 radical (unpaired) electrons. The number of carbonyl (C=O) groups excluding carboxylic acids is 1. The molecule has 1 saturated heterocycles. The molecule has 1 unspecified atom stereocenters. The number of rotatable bonds is 4. The lowest BCUT2D eigenvalue weighted by Gasteiger charge is -2.43. The van der Waals surface area contributed by atoms with Gasteiger partial charge >= 0.3 is 0 Å². The first-order valence-electron chi connectivity index (χ1n) is 6.78. The van der Waals surface area contributed by atoms with Gasteiger partial charge in [-0.2, -0.15) is 0 Å². The monoisotopic (exact) mass is 308 g/mol. The highest BCUT2D eigenvalue weighted by Crippen LogP contribution is 2.18. The third kappa shape index (κ3) is 3.52. The fraction of sp³-hybridized carbons (Fsp3) is 0.400. The summed E-state index contributed by atoms with van der Waals surface area (Å²) in [5.74, 6) is -0.730. The lowest BCUT2D eigenvalue weighted by molar-refractivity contribution is -0.529. The number of hydrogen-bond donors (Lipinski definition) is 4. The molecule has 5 atom stereocenters. The molecule has 2 rings (SSSR count). The molecule has 1 heterocycles. The molecule has 1 aromatic rings. The second-order valence-electron chi connectivity index (χ2n) is 5.06. The van der Waals surface area contributed by atoms with E-state index in [1.54, 1.807) is 18.2 Å². The number of amides is 1. The number of aliphatic hydroxyl groups excluding tert-OH is 3. The highest BCUT2D eigenvalue weighted by molar-refractivity contribution is 5.81. The molecule has 1 aliphatic heterocycles. The molecule has 1 fully saturated rings. The predicted octanol–water partition coefficient (Wildman–Crippen LogP) is -1.89. The van der Waals surface area contributed by atoms with Gasteiger partial charge in [0.05, 0.1) is 6.10 Å². The molecule has 7 heteroatoms. The van der Waals surface area contributed by atoms with Crippen LogP contribution >= 0.6 is 0 Å². The molecule has 0 spiro atoms. The van der Waals surface area contributed by atoms with E-state index in [1.807, 2.05) is 12.1 Å². The van der Waals surface area contributed by atoms with E-state index >= 15 is 0 Å². The molecule has 1 aromatic carbocycles. The lowest BCUT2D eigenvalue weighted by atomic mass is 9.98. The van der Waals surface area contributed by atoms with Gasteiger partial charge in [0.2, 0.25) is 0 Å². The van der Waals surface area contributed by atoms with Gasteiger partial charge in [0.15, 0.2) is 6.10 Å². The van der Waals surface area contributed by atoms with Gasteiger partial charge in [-0.15, -0.1) is 0 Å². The van der Waals surface area contributed by atoms with Crippen molar-refractivity contribution in [3.63, 3.8) is 0 Å². The first-order chi connectivity index (χ1) is 10.4. The van der Waals surface area contributed by atoms with Crippen molar-refractivity contribution in [2.45, 2.75) is 37.3 Å². The summed E-state index contributed by atoms with van der Waals surface area (Å²) in [6, 6.07) is 7.25. The summed E-state index contributed by atoms with van der Waals surface area (Å²) in [6.07, 6.45) is -6.97. The van der Waals surface area contributed by atoms with E-state index < -0.39 is 36.6 Å². The predicted molar refractivity (Wildman–Crippen MR) is 75.1 cm³/mol. The van der Waals surface area contributed by atoms with Crippen molar-refractivity contribution in [3.05, 3.63) is 42.0 Å². The third-order valence-electron chi connectivity index (χ3n) is 3.51. The Hall–Kier alpha value is -1.77. The zero-order chi connectivity index (χ0) is 16.3. The van der Waals surface area contributed by atoms with Gasteiger partial charge in [0.1, 0.15) is 12.2 Å². The van der Waals surface area contributed by atoms with Gasteiger partial charge in [0, 0.05) is 12.8 Å². The summed E-state index contributed by atoms with van der Waals surface area (Å²) >= 11 is 0. The molecule has 1 aliphatic rings. The van der Waals surface area contributed by atoms with Crippen molar-refractivity contribution in [1.82, 2.24) is 5.32 Å².